The summed E-state index contributed by atoms with van der Waals surface area (Å²) >= 11 is 0. The highest BCUT2D eigenvalue weighted by Gasteiger charge is 2.30. The molecule has 2 aromatic carbocycles. The molecule has 166 valence electrons. The zero-order valence-electron chi connectivity index (χ0n) is 17.0. The van der Waals surface area contributed by atoms with Crippen molar-refractivity contribution < 1.29 is 22.7 Å². The van der Waals surface area contributed by atoms with E-state index in [-0.39, 0.29) is 24.2 Å². The maximum Gasteiger partial charge on any atom is 0.573 e. The summed E-state index contributed by atoms with van der Waals surface area (Å²) in [5, 5.41) is 2.98. The maximum atomic E-state index is 12.5. The van der Waals surface area contributed by atoms with Gasteiger partial charge in [-0.2, -0.15) is 0 Å². The molecule has 2 aromatic rings. The van der Waals surface area contributed by atoms with Gasteiger partial charge in [0, 0.05) is 25.2 Å². The lowest BCUT2D eigenvalue weighted by Gasteiger charge is -2.26. The fourth-order valence-corrected chi connectivity index (χ4v) is 3.27. The summed E-state index contributed by atoms with van der Waals surface area (Å²) in [5.74, 6) is -0.00966. The Morgan fingerprint density at radius 3 is 2.23 bits per heavy atom. The van der Waals surface area contributed by atoms with E-state index in [0.29, 0.717) is 17.7 Å². The Hall–Kier alpha value is -3.23. The van der Waals surface area contributed by atoms with Gasteiger partial charge in [0.15, 0.2) is 5.96 Å². The number of benzene rings is 2. The number of alkyl halides is 3. The van der Waals surface area contributed by atoms with Crippen molar-refractivity contribution in [1.29, 1.82) is 0 Å². The van der Waals surface area contributed by atoms with E-state index in [2.05, 4.69) is 15.0 Å². The van der Waals surface area contributed by atoms with Crippen molar-refractivity contribution in [2.45, 2.75) is 38.7 Å². The molecule has 9 heteroatoms. The number of nitrogens with one attached hydrogen (secondary N) is 1. The number of piperidine rings is 1. The summed E-state index contributed by atoms with van der Waals surface area (Å²) < 4.78 is 40.4. The van der Waals surface area contributed by atoms with E-state index in [1.165, 1.54) is 30.7 Å². The first-order valence-corrected chi connectivity index (χ1v) is 10.1. The van der Waals surface area contributed by atoms with Crippen molar-refractivity contribution in [2.24, 2.45) is 10.7 Å². The molecule has 6 nitrogen and oxygen atoms in total. The molecule has 1 fully saturated rings. The standard InChI is InChI=1S/C22H25F3N4O2/c23-22(24,25)31-19-10-6-17(7-11-19)15-28-21(26)27-14-16-4-8-18(9-5-16)20(30)29-12-2-1-3-13-29/h4-11H,1-3,12-15H2,(H3,26,27,28). The molecule has 0 bridgehead atoms. The van der Waals surface area contributed by atoms with Crippen molar-refractivity contribution in [3.05, 3.63) is 65.2 Å². The first kappa shape index (κ1) is 22.5. The van der Waals surface area contributed by atoms with Gasteiger partial charge < -0.3 is 20.7 Å². The van der Waals surface area contributed by atoms with E-state index < -0.39 is 6.36 Å². The number of hydrogen-bond donors (Lipinski definition) is 2. The lowest BCUT2D eigenvalue weighted by Crippen LogP contribution is -2.35. The summed E-state index contributed by atoms with van der Waals surface area (Å²) in [6.45, 7) is 2.28. The van der Waals surface area contributed by atoms with Crippen molar-refractivity contribution in [2.75, 3.05) is 13.1 Å². The smallest absolute Gasteiger partial charge is 0.406 e. The highest BCUT2D eigenvalue weighted by Crippen LogP contribution is 2.22. The maximum absolute atomic E-state index is 12.5. The summed E-state index contributed by atoms with van der Waals surface area (Å²) in [6, 6.07) is 12.8. The van der Waals surface area contributed by atoms with Crippen LogP contribution in [0.4, 0.5) is 13.2 Å². The van der Waals surface area contributed by atoms with Gasteiger partial charge in [-0.1, -0.05) is 24.3 Å². The molecule has 0 aliphatic carbocycles. The van der Waals surface area contributed by atoms with Gasteiger partial charge in [-0.15, -0.1) is 13.2 Å². The second kappa shape index (κ2) is 10.2. The van der Waals surface area contributed by atoms with E-state index in [1.54, 1.807) is 0 Å². The van der Waals surface area contributed by atoms with Crippen molar-refractivity contribution in [3.63, 3.8) is 0 Å². The van der Waals surface area contributed by atoms with Gasteiger partial charge in [0.2, 0.25) is 0 Å². The van der Waals surface area contributed by atoms with Gasteiger partial charge >= 0.3 is 6.36 Å². The molecule has 3 rings (SSSR count). The van der Waals surface area contributed by atoms with Crippen LogP contribution in [0.25, 0.3) is 0 Å². The number of aliphatic imine (C=N–C) groups is 1. The number of likely N-dealkylation sites (tertiary alicyclic amines) is 1. The molecular formula is C22H25F3N4O2. The number of halogens is 3. The monoisotopic (exact) mass is 434 g/mol. The summed E-state index contributed by atoms with van der Waals surface area (Å²) in [7, 11) is 0. The number of guanidine groups is 1. The minimum atomic E-state index is -4.72. The van der Waals surface area contributed by atoms with Gasteiger partial charge in [-0.05, 0) is 54.7 Å². The lowest BCUT2D eigenvalue weighted by atomic mass is 10.1. The molecule has 0 saturated carbocycles. The average Bonchev–Trinajstić information content (AvgIpc) is 2.76. The number of nitrogens with two attached hydrogens (primary N) is 1. The Kier molecular flexibility index (Phi) is 7.38. The molecule has 3 N–H and O–H groups in total. The molecular weight excluding hydrogens is 409 g/mol. The summed E-state index contributed by atoms with van der Waals surface area (Å²) in [4.78, 5) is 18.6. The van der Waals surface area contributed by atoms with Crippen LogP contribution in [-0.2, 0) is 13.1 Å². The largest absolute Gasteiger partial charge is 0.573 e. The van der Waals surface area contributed by atoms with E-state index in [9.17, 15) is 18.0 Å². The predicted molar refractivity (Wildman–Crippen MR) is 111 cm³/mol. The summed E-state index contributed by atoms with van der Waals surface area (Å²) in [6.07, 6.45) is -1.43. The number of rotatable bonds is 6. The molecule has 1 amide bonds. The average molecular weight is 434 g/mol. The van der Waals surface area contributed by atoms with Gasteiger partial charge in [0.05, 0.1) is 6.54 Å². The van der Waals surface area contributed by atoms with Crippen LogP contribution in [0.3, 0.4) is 0 Å². The third kappa shape index (κ3) is 7.20. The topological polar surface area (TPSA) is 80.0 Å². The Balaban J connectivity index is 1.47. The summed E-state index contributed by atoms with van der Waals surface area (Å²) in [5.41, 5.74) is 8.17. The molecule has 0 aromatic heterocycles. The van der Waals surface area contributed by atoms with Crippen LogP contribution >= 0.6 is 0 Å². The van der Waals surface area contributed by atoms with Gasteiger partial charge in [-0.3, -0.25) is 4.79 Å². The molecule has 1 saturated heterocycles. The minimum Gasteiger partial charge on any atom is -0.406 e. The Labute approximate surface area is 178 Å². The van der Waals surface area contributed by atoms with Crippen molar-refractivity contribution in [3.8, 4) is 5.75 Å². The van der Waals surface area contributed by atoms with Crippen molar-refractivity contribution >= 4 is 11.9 Å². The number of hydrogen-bond acceptors (Lipinski definition) is 3. The van der Waals surface area contributed by atoms with Gasteiger partial charge in [0.1, 0.15) is 5.75 Å². The van der Waals surface area contributed by atoms with Crippen LogP contribution in [0.15, 0.2) is 53.5 Å². The second-order valence-electron chi connectivity index (χ2n) is 7.30. The van der Waals surface area contributed by atoms with E-state index >= 15 is 0 Å². The first-order chi connectivity index (χ1) is 14.8. The zero-order chi connectivity index (χ0) is 22.3. The fourth-order valence-electron chi connectivity index (χ4n) is 3.27. The van der Waals surface area contributed by atoms with Crippen LogP contribution in [0.1, 0.15) is 40.7 Å². The Bertz CT molecular complexity index is 890. The van der Waals surface area contributed by atoms with Gasteiger partial charge in [-0.25, -0.2) is 4.99 Å². The fraction of sp³-hybridized carbons (Fsp3) is 0.364. The van der Waals surface area contributed by atoms with Crippen LogP contribution in [0.5, 0.6) is 5.75 Å². The van der Waals surface area contributed by atoms with E-state index in [4.69, 9.17) is 5.73 Å². The van der Waals surface area contributed by atoms with Crippen LogP contribution in [0, 0.1) is 0 Å². The molecule has 1 aliphatic rings. The van der Waals surface area contributed by atoms with Crippen LogP contribution in [-0.4, -0.2) is 36.2 Å². The molecule has 31 heavy (non-hydrogen) atoms. The number of nitrogens with zero attached hydrogens (tertiary/aromatic N) is 2. The lowest BCUT2D eigenvalue weighted by molar-refractivity contribution is -0.274. The quantitative estimate of drug-likeness (QED) is 0.535. The normalized spacial score (nSPS) is 14.9. The van der Waals surface area contributed by atoms with Crippen LogP contribution < -0.4 is 15.8 Å². The van der Waals surface area contributed by atoms with E-state index in [0.717, 1.165) is 31.5 Å². The minimum absolute atomic E-state index is 0.0620. The molecule has 0 spiro atoms. The van der Waals surface area contributed by atoms with Crippen LogP contribution in [0.2, 0.25) is 0 Å². The Morgan fingerprint density at radius 1 is 1.00 bits per heavy atom. The highest BCUT2D eigenvalue weighted by atomic mass is 19.4. The number of carbonyl (C=O) groups is 1. The number of amides is 1. The van der Waals surface area contributed by atoms with Crippen molar-refractivity contribution in [1.82, 2.24) is 10.2 Å². The number of carbonyl (C=O) groups excluding carboxylic acids is 1. The number of ether oxygens (including phenoxy) is 1. The van der Waals surface area contributed by atoms with Gasteiger partial charge in [0.25, 0.3) is 5.91 Å². The zero-order valence-corrected chi connectivity index (χ0v) is 17.0. The molecule has 0 unspecified atom stereocenters. The Morgan fingerprint density at radius 2 is 1.61 bits per heavy atom. The SMILES string of the molecule is NC(=NCc1ccc(OC(F)(F)F)cc1)NCc1ccc(C(=O)N2CCCCC2)cc1. The second-order valence-corrected chi connectivity index (χ2v) is 7.30. The van der Waals surface area contributed by atoms with E-state index in [1.807, 2.05) is 29.2 Å². The predicted octanol–water partition coefficient (Wildman–Crippen LogP) is 3.82. The molecule has 0 atom stereocenters. The third-order valence-corrected chi connectivity index (χ3v) is 4.91. The third-order valence-electron chi connectivity index (χ3n) is 4.91. The molecule has 0 radical (unpaired) electrons. The first-order valence-electron chi connectivity index (χ1n) is 10.1. The molecule has 1 heterocycles. The molecule has 1 aliphatic heterocycles. The highest BCUT2D eigenvalue weighted by molar-refractivity contribution is 5.94.